The number of benzene rings is 2. The second-order valence-electron chi connectivity index (χ2n) is 7.15. The molecule has 0 unspecified atom stereocenters. The van der Waals surface area contributed by atoms with E-state index < -0.39 is 5.97 Å². The lowest BCUT2D eigenvalue weighted by molar-refractivity contribution is -0.137. The van der Waals surface area contributed by atoms with Crippen LogP contribution in [0.5, 0.6) is 5.75 Å². The van der Waals surface area contributed by atoms with Gasteiger partial charge >= 0.3 is 5.97 Å². The van der Waals surface area contributed by atoms with Gasteiger partial charge in [0, 0.05) is 28.9 Å². The molecule has 0 aliphatic rings. The molecule has 0 radical (unpaired) electrons. The molecular formula is C23H24Cl2N2O3. The maximum absolute atomic E-state index is 10.5. The van der Waals surface area contributed by atoms with Gasteiger partial charge in [0.2, 0.25) is 0 Å². The first-order valence-electron chi connectivity index (χ1n) is 9.90. The summed E-state index contributed by atoms with van der Waals surface area (Å²) in [6.07, 6.45) is 3.67. The first-order chi connectivity index (χ1) is 14.4. The fourth-order valence-electron chi connectivity index (χ4n) is 3.18. The summed E-state index contributed by atoms with van der Waals surface area (Å²) >= 11 is 12.2. The number of nitrogens with zero attached hydrogens (tertiary/aromatic N) is 1. The number of halogens is 2. The lowest BCUT2D eigenvalue weighted by Crippen LogP contribution is -1.99. The standard InChI is InChI=1S/C23H24Cl2N2O3/c1-15-12-22(27-16-7-9-19(24)20(25)13-16)18-14-17(8-10-21(18)26-15)30-11-5-3-2-4-6-23(28)29/h7-10,12-14H,2-6,11H2,1H3,(H,26,27)(H,28,29). The van der Waals surface area contributed by atoms with Crippen LogP contribution < -0.4 is 10.1 Å². The monoisotopic (exact) mass is 446 g/mol. The molecule has 7 heteroatoms. The lowest BCUT2D eigenvalue weighted by atomic mass is 10.1. The quantitative estimate of drug-likeness (QED) is 0.327. The van der Waals surface area contributed by atoms with Gasteiger partial charge in [0.1, 0.15) is 5.75 Å². The highest BCUT2D eigenvalue weighted by atomic mass is 35.5. The molecule has 0 amide bonds. The fraction of sp³-hybridized carbons (Fsp3) is 0.304. The Balaban J connectivity index is 1.68. The van der Waals surface area contributed by atoms with E-state index in [-0.39, 0.29) is 6.42 Å². The zero-order valence-electron chi connectivity index (χ0n) is 16.8. The van der Waals surface area contributed by atoms with Gasteiger partial charge in [-0.2, -0.15) is 0 Å². The molecular weight excluding hydrogens is 423 g/mol. The van der Waals surface area contributed by atoms with Crippen molar-refractivity contribution in [1.82, 2.24) is 4.98 Å². The van der Waals surface area contributed by atoms with Crippen molar-refractivity contribution in [3.05, 3.63) is 58.2 Å². The summed E-state index contributed by atoms with van der Waals surface area (Å²) in [4.78, 5) is 15.1. The van der Waals surface area contributed by atoms with Crippen molar-refractivity contribution in [3.63, 3.8) is 0 Å². The molecule has 2 aromatic carbocycles. The molecule has 0 saturated carbocycles. The van der Waals surface area contributed by atoms with Crippen LogP contribution in [0.3, 0.4) is 0 Å². The van der Waals surface area contributed by atoms with Crippen LogP contribution in [0.2, 0.25) is 10.0 Å². The van der Waals surface area contributed by atoms with Crippen molar-refractivity contribution in [2.45, 2.75) is 39.0 Å². The third-order valence-corrected chi connectivity index (χ3v) is 5.40. The fourth-order valence-corrected chi connectivity index (χ4v) is 3.48. The van der Waals surface area contributed by atoms with E-state index in [1.807, 2.05) is 37.3 Å². The van der Waals surface area contributed by atoms with Crippen LogP contribution in [0.4, 0.5) is 11.4 Å². The Morgan fingerprint density at radius 2 is 1.83 bits per heavy atom. The number of aromatic nitrogens is 1. The van der Waals surface area contributed by atoms with Crippen molar-refractivity contribution in [1.29, 1.82) is 0 Å². The average Bonchev–Trinajstić information content (AvgIpc) is 2.70. The number of anilines is 2. The predicted octanol–water partition coefficient (Wildman–Crippen LogP) is 7.01. The number of pyridine rings is 1. The largest absolute Gasteiger partial charge is 0.494 e. The van der Waals surface area contributed by atoms with Crippen LogP contribution in [-0.4, -0.2) is 22.7 Å². The molecule has 0 aliphatic carbocycles. The molecule has 2 N–H and O–H groups in total. The van der Waals surface area contributed by atoms with Gasteiger partial charge in [-0.25, -0.2) is 0 Å². The Morgan fingerprint density at radius 1 is 1.03 bits per heavy atom. The molecule has 3 rings (SSSR count). The second kappa shape index (κ2) is 10.5. The van der Waals surface area contributed by atoms with Gasteiger partial charge < -0.3 is 15.2 Å². The summed E-state index contributed by atoms with van der Waals surface area (Å²) in [5.74, 6) is 0.0347. The van der Waals surface area contributed by atoms with Gasteiger partial charge in [0.05, 0.1) is 22.2 Å². The van der Waals surface area contributed by atoms with E-state index in [1.165, 1.54) is 0 Å². The Kier molecular flexibility index (Phi) is 7.77. The molecule has 1 aromatic heterocycles. The van der Waals surface area contributed by atoms with Crippen molar-refractivity contribution >= 4 is 51.4 Å². The number of nitrogens with one attached hydrogen (secondary N) is 1. The van der Waals surface area contributed by atoms with E-state index in [0.717, 1.165) is 53.0 Å². The lowest BCUT2D eigenvalue weighted by Gasteiger charge is -2.13. The maximum Gasteiger partial charge on any atom is 0.303 e. The van der Waals surface area contributed by atoms with Gasteiger partial charge in [0.25, 0.3) is 0 Å². The van der Waals surface area contributed by atoms with Gasteiger partial charge in [-0.1, -0.05) is 36.0 Å². The van der Waals surface area contributed by atoms with E-state index in [9.17, 15) is 4.79 Å². The highest BCUT2D eigenvalue weighted by molar-refractivity contribution is 6.42. The molecule has 0 spiro atoms. The highest BCUT2D eigenvalue weighted by Crippen LogP contribution is 2.32. The predicted molar refractivity (Wildman–Crippen MR) is 122 cm³/mol. The molecule has 0 aliphatic heterocycles. The van der Waals surface area contributed by atoms with Crippen LogP contribution in [0, 0.1) is 6.92 Å². The van der Waals surface area contributed by atoms with Gasteiger partial charge in [-0.3, -0.25) is 9.78 Å². The van der Waals surface area contributed by atoms with Crippen molar-refractivity contribution < 1.29 is 14.6 Å². The van der Waals surface area contributed by atoms with Crippen LogP contribution in [-0.2, 0) is 4.79 Å². The minimum atomic E-state index is -0.739. The molecule has 5 nitrogen and oxygen atoms in total. The first kappa shape index (κ1) is 22.2. The van der Waals surface area contributed by atoms with Crippen LogP contribution >= 0.6 is 23.2 Å². The Hall–Kier alpha value is -2.50. The number of ether oxygens (including phenoxy) is 1. The third kappa shape index (κ3) is 6.25. The van der Waals surface area contributed by atoms with E-state index in [2.05, 4.69) is 10.3 Å². The zero-order valence-corrected chi connectivity index (χ0v) is 18.3. The number of fused-ring (bicyclic) bond motifs is 1. The smallest absolute Gasteiger partial charge is 0.303 e. The van der Waals surface area contributed by atoms with E-state index in [4.69, 9.17) is 33.0 Å². The zero-order chi connectivity index (χ0) is 21.5. The number of carboxylic acid groups (broad SMARTS) is 1. The average molecular weight is 447 g/mol. The number of hydrogen-bond donors (Lipinski definition) is 2. The van der Waals surface area contributed by atoms with Crippen LogP contribution in [0.15, 0.2) is 42.5 Å². The Morgan fingerprint density at radius 3 is 2.60 bits per heavy atom. The van der Waals surface area contributed by atoms with E-state index in [0.29, 0.717) is 23.1 Å². The van der Waals surface area contributed by atoms with E-state index >= 15 is 0 Å². The molecule has 0 atom stereocenters. The highest BCUT2D eigenvalue weighted by Gasteiger charge is 2.08. The first-order valence-corrected chi connectivity index (χ1v) is 10.7. The Labute approximate surface area is 186 Å². The molecule has 158 valence electrons. The number of carboxylic acids is 1. The normalized spacial score (nSPS) is 10.9. The minimum Gasteiger partial charge on any atom is -0.494 e. The van der Waals surface area contributed by atoms with Crippen LogP contribution in [0.25, 0.3) is 10.9 Å². The molecule has 0 fully saturated rings. The topological polar surface area (TPSA) is 71.5 Å². The number of unbranched alkanes of at least 4 members (excludes halogenated alkanes) is 3. The summed E-state index contributed by atoms with van der Waals surface area (Å²) < 4.78 is 5.90. The van der Waals surface area contributed by atoms with Crippen LogP contribution in [0.1, 0.15) is 37.8 Å². The summed E-state index contributed by atoms with van der Waals surface area (Å²) in [6, 6.07) is 13.2. The number of hydrogen-bond acceptors (Lipinski definition) is 4. The van der Waals surface area contributed by atoms with E-state index in [1.54, 1.807) is 12.1 Å². The Bertz CT molecular complexity index is 1040. The van der Waals surface area contributed by atoms with Crippen molar-refractivity contribution in [2.24, 2.45) is 0 Å². The van der Waals surface area contributed by atoms with Gasteiger partial charge in [-0.05, 0) is 62.2 Å². The summed E-state index contributed by atoms with van der Waals surface area (Å²) in [6.45, 7) is 2.54. The molecule has 0 bridgehead atoms. The number of aliphatic carboxylic acids is 1. The maximum atomic E-state index is 10.5. The SMILES string of the molecule is Cc1cc(Nc2ccc(Cl)c(Cl)c2)c2cc(OCCCCCCC(=O)O)ccc2n1. The van der Waals surface area contributed by atoms with Gasteiger partial charge in [0.15, 0.2) is 0 Å². The molecule has 30 heavy (non-hydrogen) atoms. The number of aryl methyl sites for hydroxylation is 1. The summed E-state index contributed by atoms with van der Waals surface area (Å²) in [7, 11) is 0. The molecule has 3 aromatic rings. The van der Waals surface area contributed by atoms with Crippen molar-refractivity contribution in [2.75, 3.05) is 11.9 Å². The third-order valence-electron chi connectivity index (χ3n) is 4.66. The van der Waals surface area contributed by atoms with Crippen molar-refractivity contribution in [3.8, 4) is 5.75 Å². The minimum absolute atomic E-state index is 0.229. The molecule has 0 saturated heterocycles. The number of rotatable bonds is 10. The van der Waals surface area contributed by atoms with Gasteiger partial charge in [-0.15, -0.1) is 0 Å². The summed E-state index contributed by atoms with van der Waals surface area (Å²) in [5, 5.41) is 14.0. The molecule has 1 heterocycles. The second-order valence-corrected chi connectivity index (χ2v) is 7.96. The summed E-state index contributed by atoms with van der Waals surface area (Å²) in [5.41, 5.74) is 3.53. The number of carbonyl (C=O) groups is 1.